The average molecular weight is 258 g/mol. The van der Waals surface area contributed by atoms with Crippen LogP contribution in [0.5, 0.6) is 5.75 Å². The van der Waals surface area contributed by atoms with Gasteiger partial charge in [-0.15, -0.1) is 0 Å². The number of hydrogen-bond acceptors (Lipinski definition) is 5. The second-order valence-electron chi connectivity index (χ2n) is 4.12. The summed E-state index contributed by atoms with van der Waals surface area (Å²) in [5.41, 5.74) is 6.66. The predicted molar refractivity (Wildman–Crippen MR) is 70.3 cm³/mol. The predicted octanol–water partition coefficient (Wildman–Crippen LogP) is 1.04. The Hall–Kier alpha value is -2.63. The summed E-state index contributed by atoms with van der Waals surface area (Å²) in [4.78, 5) is 21.4. The van der Waals surface area contributed by atoms with Gasteiger partial charge in [-0.05, 0) is 17.7 Å². The van der Waals surface area contributed by atoms with Crippen LogP contribution < -0.4 is 5.73 Å². The lowest BCUT2D eigenvalue weighted by Crippen LogP contribution is -2.28. The number of nitrogens with zero attached hydrogens (tertiary/aromatic N) is 3. The van der Waals surface area contributed by atoms with E-state index in [1.807, 2.05) is 0 Å². The van der Waals surface area contributed by atoms with Crippen molar-refractivity contribution in [2.45, 2.75) is 6.54 Å². The zero-order chi connectivity index (χ0) is 13.8. The van der Waals surface area contributed by atoms with Crippen molar-refractivity contribution in [3.05, 3.63) is 47.9 Å². The van der Waals surface area contributed by atoms with Crippen LogP contribution >= 0.6 is 0 Å². The van der Waals surface area contributed by atoms with Crippen molar-refractivity contribution in [1.82, 2.24) is 14.9 Å². The highest BCUT2D eigenvalue weighted by atomic mass is 16.3. The number of phenolic OH excluding ortho intramolecular Hbond substituents is 1. The van der Waals surface area contributed by atoms with E-state index in [0.717, 1.165) is 5.56 Å². The Labute approximate surface area is 110 Å². The molecule has 0 unspecified atom stereocenters. The van der Waals surface area contributed by atoms with Gasteiger partial charge in [-0.25, -0.2) is 9.97 Å². The van der Waals surface area contributed by atoms with Crippen LogP contribution in [0.15, 0.2) is 36.7 Å². The normalized spacial score (nSPS) is 10.2. The Kier molecular flexibility index (Phi) is 3.61. The van der Waals surface area contributed by atoms with Crippen molar-refractivity contribution in [3.63, 3.8) is 0 Å². The van der Waals surface area contributed by atoms with Crippen LogP contribution in [0.4, 0.5) is 5.82 Å². The zero-order valence-corrected chi connectivity index (χ0v) is 10.4. The molecule has 19 heavy (non-hydrogen) atoms. The largest absolute Gasteiger partial charge is 0.508 e. The zero-order valence-electron chi connectivity index (χ0n) is 10.4. The SMILES string of the molecule is CN(Cc1ccc(O)cc1)C(=O)c1nccnc1N. The van der Waals surface area contributed by atoms with Gasteiger partial charge in [0.05, 0.1) is 0 Å². The summed E-state index contributed by atoms with van der Waals surface area (Å²) in [7, 11) is 1.66. The Bertz CT molecular complexity index is 583. The summed E-state index contributed by atoms with van der Waals surface area (Å²) >= 11 is 0. The third-order valence-electron chi connectivity index (χ3n) is 2.63. The van der Waals surface area contributed by atoms with Crippen molar-refractivity contribution in [3.8, 4) is 5.75 Å². The van der Waals surface area contributed by atoms with E-state index in [4.69, 9.17) is 5.73 Å². The van der Waals surface area contributed by atoms with Crippen LogP contribution in [0.25, 0.3) is 0 Å². The molecule has 0 bridgehead atoms. The molecule has 6 nitrogen and oxygen atoms in total. The molecule has 1 aromatic heterocycles. The minimum atomic E-state index is -0.293. The van der Waals surface area contributed by atoms with Crippen molar-refractivity contribution in [2.75, 3.05) is 12.8 Å². The van der Waals surface area contributed by atoms with Gasteiger partial charge in [0.2, 0.25) is 0 Å². The number of carbonyl (C=O) groups is 1. The van der Waals surface area contributed by atoms with E-state index in [1.165, 1.54) is 17.3 Å². The summed E-state index contributed by atoms with van der Waals surface area (Å²) in [5, 5.41) is 9.20. The highest BCUT2D eigenvalue weighted by molar-refractivity contribution is 5.96. The number of anilines is 1. The molecule has 2 aromatic rings. The topological polar surface area (TPSA) is 92.3 Å². The van der Waals surface area contributed by atoms with E-state index in [-0.39, 0.29) is 23.2 Å². The fourth-order valence-corrected chi connectivity index (χ4v) is 1.64. The summed E-state index contributed by atoms with van der Waals surface area (Å²) in [6.45, 7) is 0.398. The van der Waals surface area contributed by atoms with Crippen molar-refractivity contribution < 1.29 is 9.90 Å². The maximum absolute atomic E-state index is 12.1. The Balaban J connectivity index is 2.12. The molecule has 3 N–H and O–H groups in total. The standard InChI is InChI=1S/C13H14N4O2/c1-17(8-9-2-4-10(18)5-3-9)13(19)11-12(14)16-7-6-15-11/h2-7,18H,8H2,1H3,(H2,14,16). The Morgan fingerprint density at radius 3 is 2.53 bits per heavy atom. The maximum atomic E-state index is 12.1. The third-order valence-corrected chi connectivity index (χ3v) is 2.63. The summed E-state index contributed by atoms with van der Waals surface area (Å²) in [6.07, 6.45) is 2.87. The molecule has 6 heteroatoms. The minimum absolute atomic E-state index is 0.116. The van der Waals surface area contributed by atoms with Crippen LogP contribution in [0, 0.1) is 0 Å². The van der Waals surface area contributed by atoms with Gasteiger partial charge in [0.25, 0.3) is 5.91 Å². The molecular formula is C13H14N4O2. The van der Waals surface area contributed by atoms with Gasteiger partial charge >= 0.3 is 0 Å². The molecule has 2 rings (SSSR count). The number of aromatic hydroxyl groups is 1. The molecule has 0 aliphatic heterocycles. The van der Waals surface area contributed by atoms with Gasteiger partial charge in [0.1, 0.15) is 5.75 Å². The van der Waals surface area contributed by atoms with E-state index in [2.05, 4.69) is 9.97 Å². The Morgan fingerprint density at radius 2 is 1.89 bits per heavy atom. The monoisotopic (exact) mass is 258 g/mol. The van der Waals surface area contributed by atoms with Crippen molar-refractivity contribution in [2.24, 2.45) is 0 Å². The number of hydrogen-bond donors (Lipinski definition) is 2. The van der Waals surface area contributed by atoms with Crippen LogP contribution in [0.3, 0.4) is 0 Å². The van der Waals surface area contributed by atoms with E-state index in [0.29, 0.717) is 6.54 Å². The molecule has 0 radical (unpaired) electrons. The second kappa shape index (κ2) is 5.34. The number of phenols is 1. The second-order valence-corrected chi connectivity index (χ2v) is 4.12. The smallest absolute Gasteiger partial charge is 0.276 e. The first kappa shape index (κ1) is 12.8. The molecule has 1 aromatic carbocycles. The number of rotatable bonds is 3. The third kappa shape index (κ3) is 2.98. The molecule has 0 spiro atoms. The highest BCUT2D eigenvalue weighted by Gasteiger charge is 2.16. The molecule has 0 aliphatic carbocycles. The molecule has 1 heterocycles. The molecular weight excluding hydrogens is 244 g/mol. The summed E-state index contributed by atoms with van der Waals surface area (Å²) in [6, 6.07) is 6.65. The van der Waals surface area contributed by atoms with Gasteiger partial charge in [-0.3, -0.25) is 4.79 Å². The first-order valence-corrected chi connectivity index (χ1v) is 5.68. The number of nitrogen functional groups attached to an aromatic ring is 1. The van der Waals surface area contributed by atoms with Gasteiger partial charge in [-0.1, -0.05) is 12.1 Å². The fraction of sp³-hybridized carbons (Fsp3) is 0.154. The first-order valence-electron chi connectivity index (χ1n) is 5.68. The molecule has 1 amide bonds. The van der Waals surface area contributed by atoms with Crippen molar-refractivity contribution in [1.29, 1.82) is 0 Å². The lowest BCUT2D eigenvalue weighted by molar-refractivity contribution is 0.0780. The van der Waals surface area contributed by atoms with Gasteiger partial charge in [-0.2, -0.15) is 0 Å². The van der Waals surface area contributed by atoms with Gasteiger partial charge in [0.15, 0.2) is 11.5 Å². The van der Waals surface area contributed by atoms with Gasteiger partial charge < -0.3 is 15.7 Å². The number of carbonyl (C=O) groups excluding carboxylic acids is 1. The number of aromatic nitrogens is 2. The lowest BCUT2D eigenvalue weighted by Gasteiger charge is -2.17. The van der Waals surface area contributed by atoms with Crippen LogP contribution in [0.1, 0.15) is 16.1 Å². The minimum Gasteiger partial charge on any atom is -0.508 e. The maximum Gasteiger partial charge on any atom is 0.276 e. The fourth-order valence-electron chi connectivity index (χ4n) is 1.64. The average Bonchev–Trinajstić information content (AvgIpc) is 2.41. The molecule has 0 aliphatic rings. The lowest BCUT2D eigenvalue weighted by atomic mass is 10.2. The van der Waals surface area contributed by atoms with Crippen LogP contribution in [-0.4, -0.2) is 32.9 Å². The molecule has 0 fully saturated rings. The Morgan fingerprint density at radius 1 is 1.26 bits per heavy atom. The highest BCUT2D eigenvalue weighted by Crippen LogP contribution is 2.13. The van der Waals surface area contributed by atoms with Crippen LogP contribution in [0.2, 0.25) is 0 Å². The molecule has 0 saturated heterocycles. The molecule has 0 atom stereocenters. The summed E-state index contributed by atoms with van der Waals surface area (Å²) in [5.74, 6) is 0.0135. The molecule has 98 valence electrons. The summed E-state index contributed by atoms with van der Waals surface area (Å²) < 4.78 is 0. The quantitative estimate of drug-likeness (QED) is 0.858. The number of amides is 1. The van der Waals surface area contributed by atoms with Gasteiger partial charge in [0, 0.05) is 26.0 Å². The number of benzene rings is 1. The van der Waals surface area contributed by atoms with Crippen LogP contribution in [-0.2, 0) is 6.54 Å². The van der Waals surface area contributed by atoms with E-state index >= 15 is 0 Å². The first-order chi connectivity index (χ1) is 9.08. The number of nitrogens with two attached hydrogens (primary N) is 1. The van der Waals surface area contributed by atoms with E-state index < -0.39 is 0 Å². The van der Waals surface area contributed by atoms with E-state index in [1.54, 1.807) is 31.3 Å². The molecule has 0 saturated carbocycles. The van der Waals surface area contributed by atoms with E-state index in [9.17, 15) is 9.90 Å². The van der Waals surface area contributed by atoms with Crippen molar-refractivity contribution >= 4 is 11.7 Å².